The number of hydrogen-bond donors (Lipinski definition) is 3. The molecule has 1 heterocycles. The molecule has 0 aliphatic carbocycles. The Kier molecular flexibility index (Phi) is 6.62. The van der Waals surface area contributed by atoms with E-state index in [1.165, 1.54) is 0 Å². The zero-order valence-electron chi connectivity index (χ0n) is 11.6. The van der Waals surface area contributed by atoms with Gasteiger partial charge >= 0.3 is 12.0 Å². The van der Waals surface area contributed by atoms with Gasteiger partial charge in [0.1, 0.15) is 0 Å². The van der Waals surface area contributed by atoms with Crippen LogP contribution in [-0.2, 0) is 9.53 Å². The first kappa shape index (κ1) is 15.8. The Balaban J connectivity index is 2.14. The summed E-state index contributed by atoms with van der Waals surface area (Å²) < 4.78 is 5.29. The molecule has 0 radical (unpaired) electrons. The molecule has 19 heavy (non-hydrogen) atoms. The van der Waals surface area contributed by atoms with Crippen molar-refractivity contribution in [3.05, 3.63) is 0 Å². The summed E-state index contributed by atoms with van der Waals surface area (Å²) >= 11 is 0. The fourth-order valence-electron chi connectivity index (χ4n) is 2.06. The van der Waals surface area contributed by atoms with Crippen LogP contribution >= 0.6 is 0 Å². The van der Waals surface area contributed by atoms with Crippen LogP contribution in [0.2, 0.25) is 0 Å². The highest BCUT2D eigenvalue weighted by Crippen LogP contribution is 2.16. The van der Waals surface area contributed by atoms with Gasteiger partial charge in [0.15, 0.2) is 0 Å². The van der Waals surface area contributed by atoms with Gasteiger partial charge in [-0.25, -0.2) is 4.79 Å². The second-order valence-corrected chi connectivity index (χ2v) is 5.30. The third-order valence-electron chi connectivity index (χ3n) is 3.49. The van der Waals surface area contributed by atoms with E-state index in [1.54, 1.807) is 0 Å². The zero-order valence-corrected chi connectivity index (χ0v) is 11.6. The second kappa shape index (κ2) is 7.99. The molecule has 1 rings (SSSR count). The van der Waals surface area contributed by atoms with E-state index in [9.17, 15) is 9.59 Å². The maximum absolute atomic E-state index is 11.7. The maximum atomic E-state index is 11.7. The highest BCUT2D eigenvalue weighted by atomic mass is 16.5. The predicted molar refractivity (Wildman–Crippen MR) is 71.0 cm³/mol. The van der Waals surface area contributed by atoms with Crippen molar-refractivity contribution in [1.82, 2.24) is 10.6 Å². The number of amides is 2. The average molecular weight is 272 g/mol. The van der Waals surface area contributed by atoms with E-state index in [1.807, 2.05) is 13.8 Å². The summed E-state index contributed by atoms with van der Waals surface area (Å²) in [6, 6.07) is -0.0987. The van der Waals surface area contributed by atoms with Gasteiger partial charge in [-0.1, -0.05) is 6.92 Å². The molecule has 1 fully saturated rings. The van der Waals surface area contributed by atoms with Crippen molar-refractivity contribution in [3.63, 3.8) is 0 Å². The molecule has 1 aliphatic heterocycles. The molecule has 0 aromatic carbocycles. The number of carbonyl (C=O) groups excluding carboxylic acids is 1. The van der Waals surface area contributed by atoms with Gasteiger partial charge in [0.25, 0.3) is 0 Å². The summed E-state index contributed by atoms with van der Waals surface area (Å²) in [5, 5.41) is 14.2. The van der Waals surface area contributed by atoms with Crippen LogP contribution in [0.4, 0.5) is 4.79 Å². The summed E-state index contributed by atoms with van der Waals surface area (Å²) in [4.78, 5) is 22.1. The first-order valence-corrected chi connectivity index (χ1v) is 6.83. The molecular weight excluding hydrogens is 248 g/mol. The highest BCUT2D eigenvalue weighted by molar-refractivity contribution is 5.74. The van der Waals surface area contributed by atoms with Crippen LogP contribution < -0.4 is 10.6 Å². The standard InChI is InChI=1S/C13H24N2O4/c1-9(3-4-12(16)17)7-14-13(18)15-10(2)11-5-6-19-8-11/h9-11H,3-8H2,1-2H3,(H,16,17)(H2,14,15,18). The molecule has 6 nitrogen and oxygen atoms in total. The van der Waals surface area contributed by atoms with E-state index in [4.69, 9.17) is 9.84 Å². The average Bonchev–Trinajstić information content (AvgIpc) is 2.87. The summed E-state index contributed by atoms with van der Waals surface area (Å²) in [5.41, 5.74) is 0. The topological polar surface area (TPSA) is 87.7 Å². The fourth-order valence-corrected chi connectivity index (χ4v) is 2.06. The summed E-state index contributed by atoms with van der Waals surface area (Å²) in [5.74, 6) is -0.256. The zero-order chi connectivity index (χ0) is 14.3. The molecule has 0 bridgehead atoms. The van der Waals surface area contributed by atoms with Crippen LogP contribution in [0.1, 0.15) is 33.1 Å². The van der Waals surface area contributed by atoms with Crippen molar-refractivity contribution in [1.29, 1.82) is 0 Å². The number of hydrogen-bond acceptors (Lipinski definition) is 3. The normalized spacial score (nSPS) is 21.7. The Morgan fingerprint density at radius 2 is 2.16 bits per heavy atom. The number of carbonyl (C=O) groups is 2. The number of aliphatic carboxylic acids is 1. The first-order valence-electron chi connectivity index (χ1n) is 6.83. The minimum atomic E-state index is -0.800. The van der Waals surface area contributed by atoms with Crippen molar-refractivity contribution in [2.45, 2.75) is 39.2 Å². The molecule has 2 amide bonds. The minimum absolute atomic E-state index is 0.0943. The quantitative estimate of drug-likeness (QED) is 0.650. The summed E-state index contributed by atoms with van der Waals surface area (Å²) in [6.45, 7) is 5.87. The number of rotatable bonds is 7. The Bertz CT molecular complexity index is 303. The van der Waals surface area contributed by atoms with Crippen LogP contribution in [0, 0.1) is 11.8 Å². The van der Waals surface area contributed by atoms with Crippen molar-refractivity contribution in [2.24, 2.45) is 11.8 Å². The molecule has 3 atom stereocenters. The number of ether oxygens (including phenoxy) is 1. The Morgan fingerprint density at radius 1 is 1.42 bits per heavy atom. The lowest BCUT2D eigenvalue weighted by molar-refractivity contribution is -0.137. The number of carboxylic acids is 1. The van der Waals surface area contributed by atoms with E-state index < -0.39 is 5.97 Å². The Hall–Kier alpha value is -1.30. The molecule has 0 saturated carbocycles. The SMILES string of the molecule is CC(CCC(=O)O)CNC(=O)NC(C)C1CCOC1. The van der Waals surface area contributed by atoms with E-state index in [2.05, 4.69) is 10.6 Å². The molecule has 0 spiro atoms. The van der Waals surface area contributed by atoms with E-state index in [-0.39, 0.29) is 24.4 Å². The van der Waals surface area contributed by atoms with Crippen molar-refractivity contribution < 1.29 is 19.4 Å². The Morgan fingerprint density at radius 3 is 2.74 bits per heavy atom. The number of nitrogens with one attached hydrogen (secondary N) is 2. The highest BCUT2D eigenvalue weighted by Gasteiger charge is 2.23. The minimum Gasteiger partial charge on any atom is -0.481 e. The number of carboxylic acid groups (broad SMARTS) is 1. The molecule has 110 valence electrons. The van der Waals surface area contributed by atoms with Gasteiger partial charge in [0.2, 0.25) is 0 Å². The van der Waals surface area contributed by atoms with E-state index in [0.29, 0.717) is 25.5 Å². The molecule has 1 aliphatic rings. The van der Waals surface area contributed by atoms with Gasteiger partial charge in [-0.15, -0.1) is 0 Å². The van der Waals surface area contributed by atoms with Crippen molar-refractivity contribution >= 4 is 12.0 Å². The monoisotopic (exact) mass is 272 g/mol. The Labute approximate surface area is 113 Å². The lowest BCUT2D eigenvalue weighted by Crippen LogP contribution is -2.45. The van der Waals surface area contributed by atoms with Crippen LogP contribution in [0.15, 0.2) is 0 Å². The van der Waals surface area contributed by atoms with Gasteiger partial charge in [-0.2, -0.15) is 0 Å². The van der Waals surface area contributed by atoms with E-state index in [0.717, 1.165) is 13.0 Å². The third-order valence-corrected chi connectivity index (χ3v) is 3.49. The fraction of sp³-hybridized carbons (Fsp3) is 0.846. The molecule has 1 saturated heterocycles. The van der Waals surface area contributed by atoms with E-state index >= 15 is 0 Å². The van der Waals surface area contributed by atoms with Gasteiger partial charge < -0.3 is 20.5 Å². The summed E-state index contributed by atoms with van der Waals surface area (Å²) in [6.07, 6.45) is 1.69. The molecule has 0 aromatic rings. The molecule has 3 N–H and O–H groups in total. The maximum Gasteiger partial charge on any atom is 0.315 e. The van der Waals surface area contributed by atoms with Crippen LogP contribution in [0.5, 0.6) is 0 Å². The van der Waals surface area contributed by atoms with Gasteiger partial charge in [-0.3, -0.25) is 4.79 Å². The van der Waals surface area contributed by atoms with Crippen molar-refractivity contribution in [3.8, 4) is 0 Å². The van der Waals surface area contributed by atoms with Gasteiger partial charge in [0.05, 0.1) is 6.61 Å². The molecular formula is C13H24N2O4. The predicted octanol–water partition coefficient (Wildman–Crippen LogP) is 1.21. The largest absolute Gasteiger partial charge is 0.481 e. The smallest absolute Gasteiger partial charge is 0.315 e. The number of urea groups is 1. The lowest BCUT2D eigenvalue weighted by Gasteiger charge is -2.20. The second-order valence-electron chi connectivity index (χ2n) is 5.30. The van der Waals surface area contributed by atoms with Crippen molar-refractivity contribution in [2.75, 3.05) is 19.8 Å². The third kappa shape index (κ3) is 6.42. The molecule has 3 unspecified atom stereocenters. The van der Waals surface area contributed by atoms with Gasteiger partial charge in [-0.05, 0) is 25.7 Å². The first-order chi connectivity index (χ1) is 8.99. The summed E-state index contributed by atoms with van der Waals surface area (Å²) in [7, 11) is 0. The van der Waals surface area contributed by atoms with Crippen LogP contribution in [-0.4, -0.2) is 42.9 Å². The van der Waals surface area contributed by atoms with Crippen LogP contribution in [0.3, 0.4) is 0 Å². The van der Waals surface area contributed by atoms with Gasteiger partial charge in [0, 0.05) is 31.5 Å². The molecule has 6 heteroatoms. The lowest BCUT2D eigenvalue weighted by atomic mass is 10.0. The van der Waals surface area contributed by atoms with Crippen LogP contribution in [0.25, 0.3) is 0 Å². The molecule has 0 aromatic heterocycles.